The Hall–Kier alpha value is -1.18. The van der Waals surface area contributed by atoms with Gasteiger partial charge in [0.05, 0.1) is 8.66 Å². The highest BCUT2D eigenvalue weighted by Crippen LogP contribution is 2.38. The fraction of sp³-hybridized carbons (Fsp3) is 0. The molecule has 4 nitrogen and oxygen atoms in total. The fourth-order valence-electron chi connectivity index (χ4n) is 1.50. The van der Waals surface area contributed by atoms with Crippen LogP contribution in [0.3, 0.4) is 0 Å². The monoisotopic (exact) mass is 400 g/mol. The van der Waals surface area contributed by atoms with Crippen LogP contribution >= 0.6 is 43.2 Å². The molecule has 0 fully saturated rings. The molecule has 0 saturated heterocycles. The van der Waals surface area contributed by atoms with E-state index in [4.69, 9.17) is 4.52 Å². The molecule has 0 bridgehead atoms. The number of hydrogen-bond acceptors (Lipinski definition) is 5. The highest BCUT2D eigenvalue weighted by atomic mass is 79.9. The van der Waals surface area contributed by atoms with Gasteiger partial charge in [-0.2, -0.15) is 4.98 Å². The lowest BCUT2D eigenvalue weighted by Crippen LogP contribution is -1.79. The molecule has 0 atom stereocenters. The van der Waals surface area contributed by atoms with E-state index in [1.54, 1.807) is 24.3 Å². The van der Waals surface area contributed by atoms with E-state index in [-0.39, 0.29) is 5.75 Å². The summed E-state index contributed by atoms with van der Waals surface area (Å²) in [6.45, 7) is 0. The van der Waals surface area contributed by atoms with Crippen molar-refractivity contribution in [3.05, 3.63) is 38.6 Å². The van der Waals surface area contributed by atoms with Crippen molar-refractivity contribution in [2.24, 2.45) is 0 Å². The van der Waals surface area contributed by atoms with Gasteiger partial charge in [-0.3, -0.25) is 0 Å². The maximum Gasteiger partial charge on any atom is 0.268 e. The summed E-state index contributed by atoms with van der Waals surface area (Å²) in [5, 5.41) is 13.2. The molecule has 0 aliphatic carbocycles. The van der Waals surface area contributed by atoms with Gasteiger partial charge < -0.3 is 9.63 Å². The Bertz CT molecular complexity index is 702. The zero-order chi connectivity index (χ0) is 13.4. The van der Waals surface area contributed by atoms with Crippen molar-refractivity contribution in [3.63, 3.8) is 0 Å². The first-order valence-electron chi connectivity index (χ1n) is 5.22. The van der Waals surface area contributed by atoms with Gasteiger partial charge in [-0.05, 0) is 62.2 Å². The minimum Gasteiger partial charge on any atom is -0.508 e. The van der Waals surface area contributed by atoms with Crippen LogP contribution in [-0.2, 0) is 0 Å². The average Bonchev–Trinajstić information content (AvgIpc) is 2.99. The Labute approximate surface area is 129 Å². The van der Waals surface area contributed by atoms with Gasteiger partial charge >= 0.3 is 0 Å². The summed E-state index contributed by atoms with van der Waals surface area (Å²) in [6, 6.07) is 8.57. The minimum atomic E-state index is 0.207. The summed E-state index contributed by atoms with van der Waals surface area (Å²) in [4.78, 5) is 5.23. The molecule has 2 aromatic heterocycles. The van der Waals surface area contributed by atoms with Crippen LogP contribution in [0.25, 0.3) is 22.2 Å². The number of phenols is 1. The van der Waals surface area contributed by atoms with E-state index in [2.05, 4.69) is 42.0 Å². The fourth-order valence-corrected chi connectivity index (χ4v) is 3.46. The van der Waals surface area contributed by atoms with Gasteiger partial charge in [0.15, 0.2) is 0 Å². The number of benzene rings is 1. The first-order chi connectivity index (χ1) is 9.13. The number of aromatic nitrogens is 2. The minimum absolute atomic E-state index is 0.207. The normalized spacial score (nSPS) is 10.8. The van der Waals surface area contributed by atoms with Crippen LogP contribution in [0, 0.1) is 0 Å². The van der Waals surface area contributed by atoms with Gasteiger partial charge in [-0.15, -0.1) is 11.3 Å². The van der Waals surface area contributed by atoms with Crippen LogP contribution in [0.2, 0.25) is 0 Å². The lowest BCUT2D eigenvalue weighted by molar-refractivity contribution is 0.433. The van der Waals surface area contributed by atoms with Gasteiger partial charge in [0, 0.05) is 10.0 Å². The number of rotatable bonds is 2. The lowest BCUT2D eigenvalue weighted by atomic mass is 10.2. The van der Waals surface area contributed by atoms with Crippen LogP contribution in [0.1, 0.15) is 0 Å². The molecule has 0 spiro atoms. The van der Waals surface area contributed by atoms with Crippen LogP contribution in [-0.4, -0.2) is 15.2 Å². The molecule has 7 heteroatoms. The first kappa shape index (κ1) is 12.8. The molecule has 96 valence electrons. The van der Waals surface area contributed by atoms with E-state index in [9.17, 15) is 5.11 Å². The van der Waals surface area contributed by atoms with E-state index in [1.165, 1.54) is 11.3 Å². The Morgan fingerprint density at radius 2 is 1.89 bits per heavy atom. The van der Waals surface area contributed by atoms with Crippen LogP contribution in [0.5, 0.6) is 5.75 Å². The van der Waals surface area contributed by atoms with E-state index in [1.807, 2.05) is 6.07 Å². The average molecular weight is 402 g/mol. The molecule has 0 unspecified atom stereocenters. The molecule has 2 heterocycles. The predicted molar refractivity (Wildman–Crippen MR) is 80.1 cm³/mol. The SMILES string of the molecule is Oc1ccc(-c2noc(-c3cc(Br)c(Br)s3)n2)cc1. The van der Waals surface area contributed by atoms with E-state index in [0.717, 1.165) is 18.7 Å². The molecule has 0 radical (unpaired) electrons. The van der Waals surface area contributed by atoms with Gasteiger partial charge in [0.2, 0.25) is 5.82 Å². The summed E-state index contributed by atoms with van der Waals surface area (Å²) < 4.78 is 7.18. The predicted octanol–water partition coefficient (Wildman–Crippen LogP) is 4.70. The van der Waals surface area contributed by atoms with Crippen LogP contribution in [0.4, 0.5) is 0 Å². The van der Waals surface area contributed by atoms with Crippen molar-refractivity contribution in [1.82, 2.24) is 10.1 Å². The van der Waals surface area contributed by atoms with Crippen molar-refractivity contribution in [3.8, 4) is 27.9 Å². The lowest BCUT2D eigenvalue weighted by Gasteiger charge is -1.93. The Kier molecular flexibility index (Phi) is 3.42. The molecule has 0 amide bonds. The number of phenolic OH excluding ortho intramolecular Hbond substituents is 1. The van der Waals surface area contributed by atoms with Crippen molar-refractivity contribution in [1.29, 1.82) is 0 Å². The second-order valence-corrected chi connectivity index (χ2v) is 6.93. The molecule has 3 rings (SSSR count). The van der Waals surface area contributed by atoms with Gasteiger partial charge in [0.1, 0.15) is 5.75 Å². The molecular formula is C12H6Br2N2O2S. The molecule has 19 heavy (non-hydrogen) atoms. The quantitative estimate of drug-likeness (QED) is 0.676. The van der Waals surface area contributed by atoms with Crippen molar-refractivity contribution in [2.75, 3.05) is 0 Å². The first-order valence-corrected chi connectivity index (χ1v) is 7.62. The number of hydrogen-bond donors (Lipinski definition) is 1. The highest BCUT2D eigenvalue weighted by molar-refractivity contribution is 9.13. The highest BCUT2D eigenvalue weighted by Gasteiger charge is 2.14. The van der Waals surface area contributed by atoms with Crippen molar-refractivity contribution >= 4 is 43.2 Å². The Morgan fingerprint density at radius 3 is 2.53 bits per heavy atom. The zero-order valence-electron chi connectivity index (χ0n) is 9.30. The van der Waals surface area contributed by atoms with E-state index >= 15 is 0 Å². The van der Waals surface area contributed by atoms with Crippen molar-refractivity contribution in [2.45, 2.75) is 0 Å². The maximum atomic E-state index is 9.25. The second-order valence-electron chi connectivity index (χ2n) is 3.70. The summed E-state index contributed by atoms with van der Waals surface area (Å²) in [5.41, 5.74) is 0.794. The Balaban J connectivity index is 1.97. The molecule has 1 N–H and O–H groups in total. The van der Waals surface area contributed by atoms with E-state index in [0.29, 0.717) is 11.7 Å². The molecule has 3 aromatic rings. The van der Waals surface area contributed by atoms with Crippen LogP contribution < -0.4 is 0 Å². The second kappa shape index (κ2) is 5.07. The smallest absolute Gasteiger partial charge is 0.268 e. The molecule has 0 saturated carbocycles. The van der Waals surface area contributed by atoms with Gasteiger partial charge in [-0.25, -0.2) is 0 Å². The topological polar surface area (TPSA) is 59.2 Å². The van der Waals surface area contributed by atoms with Gasteiger partial charge in [0.25, 0.3) is 5.89 Å². The summed E-state index contributed by atoms with van der Waals surface area (Å²) in [7, 11) is 0. The number of thiophene rings is 1. The van der Waals surface area contributed by atoms with Crippen molar-refractivity contribution < 1.29 is 9.63 Å². The van der Waals surface area contributed by atoms with Gasteiger partial charge in [-0.1, -0.05) is 5.16 Å². The third-order valence-electron chi connectivity index (χ3n) is 2.41. The van der Waals surface area contributed by atoms with Crippen LogP contribution in [0.15, 0.2) is 43.1 Å². The molecule has 1 aromatic carbocycles. The molecule has 0 aliphatic rings. The van der Waals surface area contributed by atoms with E-state index < -0.39 is 0 Å². The zero-order valence-corrected chi connectivity index (χ0v) is 13.3. The standard InChI is InChI=1S/C12H6Br2N2O2S/c13-8-5-9(19-10(8)14)12-15-11(16-18-12)6-1-3-7(17)4-2-6/h1-5,17H. The summed E-state index contributed by atoms with van der Waals surface area (Å²) in [6.07, 6.45) is 0. The maximum absolute atomic E-state index is 9.25. The molecule has 0 aliphatic heterocycles. The number of halogens is 2. The third-order valence-corrected chi connectivity index (χ3v) is 5.65. The third kappa shape index (κ3) is 2.58. The molecular weight excluding hydrogens is 396 g/mol. The summed E-state index contributed by atoms with van der Waals surface area (Å²) >= 11 is 8.36. The summed E-state index contributed by atoms with van der Waals surface area (Å²) in [5.74, 6) is 1.17. The largest absolute Gasteiger partial charge is 0.508 e. The number of aromatic hydroxyl groups is 1. The Morgan fingerprint density at radius 1 is 1.16 bits per heavy atom. The number of nitrogens with zero attached hydrogens (tertiary/aromatic N) is 2.